The number of hydrogen-bond acceptors (Lipinski definition) is 6. The molecule has 0 bridgehead atoms. The van der Waals surface area contributed by atoms with Gasteiger partial charge in [0.1, 0.15) is 6.34 Å². The molecule has 7 heteroatoms. The quantitative estimate of drug-likeness (QED) is 0.263. The lowest BCUT2D eigenvalue weighted by Gasteiger charge is -2.00. The third-order valence-corrected chi connectivity index (χ3v) is 2.72. The first-order chi connectivity index (χ1) is 8.26. The Kier molecular flexibility index (Phi) is 6.05. The van der Waals surface area contributed by atoms with Gasteiger partial charge >= 0.3 is 5.97 Å². The maximum atomic E-state index is 10.9. The maximum absolute atomic E-state index is 10.9. The van der Waals surface area contributed by atoms with Crippen molar-refractivity contribution in [2.24, 2.45) is 4.99 Å². The first kappa shape index (κ1) is 13.5. The van der Waals surface area contributed by atoms with Crippen LogP contribution >= 0.6 is 11.8 Å². The van der Waals surface area contributed by atoms with Crippen LogP contribution in [0, 0.1) is 0 Å². The molecule has 1 aromatic heterocycles. The van der Waals surface area contributed by atoms with Gasteiger partial charge in [0, 0.05) is 5.75 Å². The molecule has 0 amide bonds. The highest BCUT2D eigenvalue weighted by atomic mass is 32.2. The van der Waals surface area contributed by atoms with Gasteiger partial charge in [-0.2, -0.15) is 0 Å². The molecule has 0 aliphatic heterocycles. The molecule has 0 radical (unpaired) electrons. The van der Waals surface area contributed by atoms with Crippen LogP contribution in [-0.2, 0) is 9.53 Å². The summed E-state index contributed by atoms with van der Waals surface area (Å²) in [6.45, 7) is 0. The van der Waals surface area contributed by atoms with Gasteiger partial charge in [0.25, 0.3) is 0 Å². The molecule has 0 aromatic carbocycles. The SMILES string of the molecule is COC(=O)CCSc1ccc(N=CNO)cn1. The Bertz CT molecular complexity index is 381. The number of methoxy groups -OCH3 is 1. The highest BCUT2D eigenvalue weighted by Gasteiger charge is 2.01. The fourth-order valence-corrected chi connectivity index (χ4v) is 1.75. The number of hydrogen-bond donors (Lipinski definition) is 2. The topological polar surface area (TPSA) is 83.8 Å². The van der Waals surface area contributed by atoms with Crippen molar-refractivity contribution in [3.05, 3.63) is 18.3 Å². The highest BCUT2D eigenvalue weighted by molar-refractivity contribution is 7.99. The third-order valence-electron chi connectivity index (χ3n) is 1.78. The number of aliphatic imine (C=N–C) groups is 1. The Labute approximate surface area is 103 Å². The summed E-state index contributed by atoms with van der Waals surface area (Å²) in [6.07, 6.45) is 3.09. The monoisotopic (exact) mass is 255 g/mol. The molecule has 17 heavy (non-hydrogen) atoms. The van der Waals surface area contributed by atoms with E-state index in [4.69, 9.17) is 5.21 Å². The molecule has 0 spiro atoms. The lowest BCUT2D eigenvalue weighted by molar-refractivity contribution is -0.140. The van der Waals surface area contributed by atoms with Crippen LogP contribution in [0.25, 0.3) is 0 Å². The van der Waals surface area contributed by atoms with Crippen LogP contribution in [0.4, 0.5) is 5.69 Å². The van der Waals surface area contributed by atoms with Crippen LogP contribution in [0.1, 0.15) is 6.42 Å². The summed E-state index contributed by atoms with van der Waals surface area (Å²) < 4.78 is 4.53. The number of carbonyl (C=O) groups is 1. The molecule has 1 rings (SSSR count). The number of esters is 1. The summed E-state index contributed by atoms with van der Waals surface area (Å²) in [6, 6.07) is 3.56. The minimum atomic E-state index is -0.229. The van der Waals surface area contributed by atoms with Gasteiger partial charge in [-0.05, 0) is 12.1 Å². The normalized spacial score (nSPS) is 10.5. The Morgan fingerprint density at radius 3 is 3.12 bits per heavy atom. The molecule has 1 heterocycles. The lowest BCUT2D eigenvalue weighted by Crippen LogP contribution is -2.01. The van der Waals surface area contributed by atoms with Crippen LogP contribution in [0.15, 0.2) is 28.3 Å². The number of nitrogens with one attached hydrogen (secondary N) is 1. The molecule has 0 atom stereocenters. The molecule has 6 nitrogen and oxygen atoms in total. The van der Waals surface area contributed by atoms with E-state index in [2.05, 4.69) is 14.7 Å². The van der Waals surface area contributed by atoms with E-state index in [0.717, 1.165) is 11.4 Å². The van der Waals surface area contributed by atoms with E-state index in [0.29, 0.717) is 17.9 Å². The van der Waals surface area contributed by atoms with Gasteiger partial charge in [-0.25, -0.2) is 9.98 Å². The molecule has 0 aliphatic rings. The van der Waals surface area contributed by atoms with Crippen molar-refractivity contribution in [1.29, 1.82) is 0 Å². The Balaban J connectivity index is 2.40. The number of aromatic nitrogens is 1. The second kappa shape index (κ2) is 7.64. The Morgan fingerprint density at radius 1 is 1.71 bits per heavy atom. The van der Waals surface area contributed by atoms with Gasteiger partial charge in [-0.3, -0.25) is 15.5 Å². The number of thioether (sulfide) groups is 1. The predicted molar refractivity (Wildman–Crippen MR) is 64.7 cm³/mol. The van der Waals surface area contributed by atoms with Gasteiger partial charge in [0.2, 0.25) is 0 Å². The van der Waals surface area contributed by atoms with Crippen LogP contribution in [0.3, 0.4) is 0 Å². The van der Waals surface area contributed by atoms with Crippen LogP contribution < -0.4 is 5.48 Å². The van der Waals surface area contributed by atoms with Crippen molar-refractivity contribution in [1.82, 2.24) is 10.5 Å². The number of carbonyl (C=O) groups excluding carboxylic acids is 1. The molecule has 1 aromatic rings. The van der Waals surface area contributed by atoms with Crippen molar-refractivity contribution in [2.75, 3.05) is 12.9 Å². The number of pyridine rings is 1. The van der Waals surface area contributed by atoms with Crippen molar-refractivity contribution in [2.45, 2.75) is 11.4 Å². The molecule has 0 saturated heterocycles. The van der Waals surface area contributed by atoms with Gasteiger partial charge in [-0.15, -0.1) is 11.8 Å². The predicted octanol–water partition coefficient (Wildman–Crippen LogP) is 1.38. The van der Waals surface area contributed by atoms with E-state index in [1.165, 1.54) is 18.9 Å². The molecule has 0 fully saturated rings. The van der Waals surface area contributed by atoms with E-state index in [1.54, 1.807) is 18.3 Å². The van der Waals surface area contributed by atoms with Crippen LogP contribution in [0.5, 0.6) is 0 Å². The van der Waals surface area contributed by atoms with Gasteiger partial charge in [0.05, 0.1) is 30.4 Å². The zero-order chi connectivity index (χ0) is 12.5. The van der Waals surface area contributed by atoms with Crippen molar-refractivity contribution >= 4 is 29.8 Å². The largest absolute Gasteiger partial charge is 0.469 e. The summed E-state index contributed by atoms with van der Waals surface area (Å²) in [5.41, 5.74) is 2.44. The summed E-state index contributed by atoms with van der Waals surface area (Å²) in [4.78, 5) is 18.9. The minimum absolute atomic E-state index is 0.229. The van der Waals surface area contributed by atoms with Gasteiger partial charge < -0.3 is 4.74 Å². The number of nitrogens with zero attached hydrogens (tertiary/aromatic N) is 2. The molecule has 2 N–H and O–H groups in total. The number of ether oxygens (including phenoxy) is 1. The zero-order valence-corrected chi connectivity index (χ0v) is 10.1. The molecule has 0 saturated carbocycles. The summed E-state index contributed by atoms with van der Waals surface area (Å²) >= 11 is 1.47. The molecule has 0 aliphatic carbocycles. The van der Waals surface area contributed by atoms with Gasteiger partial charge in [-0.1, -0.05) is 0 Å². The summed E-state index contributed by atoms with van der Waals surface area (Å²) in [5, 5.41) is 9.12. The van der Waals surface area contributed by atoms with Crippen LogP contribution in [0.2, 0.25) is 0 Å². The van der Waals surface area contributed by atoms with Gasteiger partial charge in [0.15, 0.2) is 0 Å². The second-order valence-corrected chi connectivity index (χ2v) is 4.03. The molecular formula is C10H13N3O3S. The van der Waals surface area contributed by atoms with Crippen LogP contribution in [-0.4, -0.2) is 35.4 Å². The lowest BCUT2D eigenvalue weighted by atomic mass is 10.4. The fraction of sp³-hybridized carbons (Fsp3) is 0.300. The molecule has 0 unspecified atom stereocenters. The number of rotatable bonds is 6. The first-order valence-electron chi connectivity index (χ1n) is 4.84. The number of hydroxylamine groups is 1. The highest BCUT2D eigenvalue weighted by Crippen LogP contribution is 2.19. The molecule has 92 valence electrons. The molecular weight excluding hydrogens is 242 g/mol. The first-order valence-corrected chi connectivity index (χ1v) is 5.82. The van der Waals surface area contributed by atoms with E-state index >= 15 is 0 Å². The van der Waals surface area contributed by atoms with Crippen molar-refractivity contribution in [3.8, 4) is 0 Å². The van der Waals surface area contributed by atoms with Crippen molar-refractivity contribution < 1.29 is 14.7 Å². The Morgan fingerprint density at radius 2 is 2.53 bits per heavy atom. The zero-order valence-electron chi connectivity index (χ0n) is 9.29. The summed E-state index contributed by atoms with van der Waals surface area (Å²) in [7, 11) is 1.37. The summed E-state index contributed by atoms with van der Waals surface area (Å²) in [5.74, 6) is 0.397. The standard InChI is InChI=1S/C10H13N3O3S/c1-16-10(14)4-5-17-9-3-2-8(6-11-9)12-7-13-15/h2-3,6-7,15H,4-5H2,1H3,(H,12,13). The smallest absolute Gasteiger partial charge is 0.306 e. The average Bonchev–Trinajstić information content (AvgIpc) is 2.37. The van der Waals surface area contributed by atoms with E-state index in [1.807, 2.05) is 5.48 Å². The third kappa shape index (κ3) is 5.32. The second-order valence-electron chi connectivity index (χ2n) is 2.92. The maximum Gasteiger partial charge on any atom is 0.306 e. The Hall–Kier alpha value is -1.60. The fourth-order valence-electron chi connectivity index (χ4n) is 0.979. The van der Waals surface area contributed by atoms with Crippen molar-refractivity contribution in [3.63, 3.8) is 0 Å². The average molecular weight is 255 g/mol. The van der Waals surface area contributed by atoms with E-state index < -0.39 is 0 Å². The van der Waals surface area contributed by atoms with E-state index in [9.17, 15) is 4.79 Å². The minimum Gasteiger partial charge on any atom is -0.469 e. The van der Waals surface area contributed by atoms with E-state index in [-0.39, 0.29) is 5.97 Å².